The number of para-hydroxylation sites is 1. The maximum Gasteiger partial charge on any atom is 0.170 e. The van der Waals surface area contributed by atoms with E-state index in [-0.39, 0.29) is 12.1 Å². The zero-order chi connectivity index (χ0) is 23.7. The number of aromatic nitrogens is 2. The molecule has 0 bridgehead atoms. The van der Waals surface area contributed by atoms with E-state index in [1.165, 1.54) is 11.3 Å². The predicted octanol–water partition coefficient (Wildman–Crippen LogP) is 4.45. The number of ether oxygens (including phenoxy) is 1. The second kappa shape index (κ2) is 10.0. The van der Waals surface area contributed by atoms with Crippen molar-refractivity contribution >= 4 is 28.9 Å². The van der Waals surface area contributed by atoms with E-state index in [0.717, 1.165) is 66.6 Å². The van der Waals surface area contributed by atoms with E-state index in [1.54, 1.807) is 0 Å². The number of pyridine rings is 1. The van der Waals surface area contributed by atoms with Crippen LogP contribution in [0.2, 0.25) is 5.02 Å². The van der Waals surface area contributed by atoms with Crippen molar-refractivity contribution in [3.05, 3.63) is 82.4 Å². The SMILES string of the molecule is Cc1cc([C@@H]2[C@H](c3ccccn3)NC(=S)N2CCN2CCOCC2)c(C)n1-c1ccccc1Cl. The molecule has 2 aliphatic rings. The Labute approximate surface area is 211 Å². The average molecular weight is 496 g/mol. The average Bonchev–Trinajstić information content (AvgIpc) is 3.34. The summed E-state index contributed by atoms with van der Waals surface area (Å²) in [5.74, 6) is 0. The lowest BCUT2D eigenvalue weighted by molar-refractivity contribution is 0.0350. The third kappa shape index (κ3) is 4.45. The van der Waals surface area contributed by atoms with Crippen LogP contribution in [0.1, 0.15) is 34.7 Å². The lowest BCUT2D eigenvalue weighted by atomic mass is 9.96. The maximum absolute atomic E-state index is 6.59. The van der Waals surface area contributed by atoms with E-state index >= 15 is 0 Å². The minimum absolute atomic E-state index is 0.0291. The summed E-state index contributed by atoms with van der Waals surface area (Å²) in [6, 6.07) is 16.3. The number of morpholine rings is 1. The van der Waals surface area contributed by atoms with Gasteiger partial charge in [0.2, 0.25) is 0 Å². The van der Waals surface area contributed by atoms with Crippen LogP contribution in [0.5, 0.6) is 0 Å². The number of hydrogen-bond donors (Lipinski definition) is 1. The molecule has 8 heteroatoms. The molecule has 2 atom stereocenters. The Hall–Kier alpha value is -2.45. The fourth-order valence-corrected chi connectivity index (χ4v) is 5.70. The number of hydrogen-bond acceptors (Lipinski definition) is 4. The molecule has 1 aromatic carbocycles. The van der Waals surface area contributed by atoms with E-state index in [1.807, 2.05) is 36.5 Å². The predicted molar refractivity (Wildman–Crippen MR) is 140 cm³/mol. The standard InChI is InChI=1S/C26H30ClN5OS/c1-18-17-20(19(2)32(18)23-9-4-3-7-21(23)27)25-24(22-8-5-6-10-28-22)29-26(34)31(25)12-11-30-13-15-33-16-14-30/h3-10,17,24-25H,11-16H2,1-2H3,(H,29,34)/t24-,25+/m0/s1. The van der Waals surface area contributed by atoms with Crippen molar-refractivity contribution in [2.45, 2.75) is 25.9 Å². The van der Waals surface area contributed by atoms with Gasteiger partial charge in [0, 0.05) is 43.8 Å². The van der Waals surface area contributed by atoms with Gasteiger partial charge in [-0.25, -0.2) is 0 Å². The summed E-state index contributed by atoms with van der Waals surface area (Å²) < 4.78 is 7.77. The van der Waals surface area contributed by atoms with Gasteiger partial charge in [-0.1, -0.05) is 29.8 Å². The Balaban J connectivity index is 1.53. The highest BCUT2D eigenvalue weighted by Gasteiger charge is 2.41. The monoisotopic (exact) mass is 495 g/mol. The van der Waals surface area contributed by atoms with Crippen molar-refractivity contribution in [3.8, 4) is 5.69 Å². The Morgan fingerprint density at radius 2 is 1.85 bits per heavy atom. The Morgan fingerprint density at radius 3 is 2.59 bits per heavy atom. The van der Waals surface area contributed by atoms with Crippen LogP contribution >= 0.6 is 23.8 Å². The maximum atomic E-state index is 6.59. The van der Waals surface area contributed by atoms with E-state index in [0.29, 0.717) is 0 Å². The van der Waals surface area contributed by atoms with Gasteiger partial charge in [0.25, 0.3) is 0 Å². The first-order valence-electron chi connectivity index (χ1n) is 11.8. The van der Waals surface area contributed by atoms with E-state index in [2.05, 4.69) is 56.7 Å². The quantitative estimate of drug-likeness (QED) is 0.510. The van der Waals surface area contributed by atoms with Crippen molar-refractivity contribution < 1.29 is 4.74 Å². The Morgan fingerprint density at radius 1 is 1.09 bits per heavy atom. The van der Waals surface area contributed by atoms with E-state index in [4.69, 9.17) is 28.6 Å². The van der Waals surface area contributed by atoms with Gasteiger partial charge in [-0.3, -0.25) is 9.88 Å². The third-order valence-electron chi connectivity index (χ3n) is 6.84. The van der Waals surface area contributed by atoms with Crippen LogP contribution in [-0.2, 0) is 4.74 Å². The van der Waals surface area contributed by atoms with Crippen molar-refractivity contribution in [1.82, 2.24) is 24.7 Å². The number of aryl methyl sites for hydroxylation is 1. The zero-order valence-electron chi connectivity index (χ0n) is 19.6. The molecule has 4 heterocycles. The second-order valence-corrected chi connectivity index (χ2v) is 9.68. The van der Waals surface area contributed by atoms with Gasteiger partial charge in [0.05, 0.1) is 41.7 Å². The van der Waals surface area contributed by atoms with Gasteiger partial charge in [-0.15, -0.1) is 0 Å². The first-order chi connectivity index (χ1) is 16.5. The summed E-state index contributed by atoms with van der Waals surface area (Å²) in [6.45, 7) is 9.60. The number of benzene rings is 1. The van der Waals surface area contributed by atoms with Crippen LogP contribution in [-0.4, -0.2) is 63.9 Å². The van der Waals surface area contributed by atoms with Gasteiger partial charge in [0.1, 0.15) is 0 Å². The molecule has 0 aliphatic carbocycles. The van der Waals surface area contributed by atoms with Crippen LogP contribution in [0.25, 0.3) is 5.69 Å². The number of thiocarbonyl (C=S) groups is 1. The normalized spacial score (nSPS) is 21.1. The van der Waals surface area contributed by atoms with Gasteiger partial charge >= 0.3 is 0 Å². The molecule has 0 spiro atoms. The molecule has 0 radical (unpaired) electrons. The Kier molecular flexibility index (Phi) is 6.88. The summed E-state index contributed by atoms with van der Waals surface area (Å²) >= 11 is 12.5. The first-order valence-corrected chi connectivity index (χ1v) is 12.5. The molecule has 6 nitrogen and oxygen atoms in total. The van der Waals surface area contributed by atoms with Crippen LogP contribution in [0.3, 0.4) is 0 Å². The van der Waals surface area contributed by atoms with E-state index in [9.17, 15) is 0 Å². The highest BCUT2D eigenvalue weighted by Crippen LogP contribution is 2.41. The first kappa shape index (κ1) is 23.3. The molecular weight excluding hydrogens is 466 g/mol. The third-order valence-corrected chi connectivity index (χ3v) is 7.51. The number of halogens is 1. The summed E-state index contributed by atoms with van der Waals surface area (Å²) in [6.07, 6.45) is 1.85. The lowest BCUT2D eigenvalue weighted by Crippen LogP contribution is -2.42. The highest BCUT2D eigenvalue weighted by molar-refractivity contribution is 7.80. The minimum Gasteiger partial charge on any atom is -0.379 e. The largest absolute Gasteiger partial charge is 0.379 e. The number of nitrogens with one attached hydrogen (secondary N) is 1. The van der Waals surface area contributed by atoms with Gasteiger partial charge < -0.3 is 19.5 Å². The lowest BCUT2D eigenvalue weighted by Gasteiger charge is -2.32. The fourth-order valence-electron chi connectivity index (χ4n) is 5.15. The topological polar surface area (TPSA) is 45.6 Å². The van der Waals surface area contributed by atoms with Gasteiger partial charge in [0.15, 0.2) is 5.11 Å². The van der Waals surface area contributed by atoms with Crippen molar-refractivity contribution in [1.29, 1.82) is 0 Å². The molecule has 0 saturated carbocycles. The van der Waals surface area contributed by atoms with Gasteiger partial charge in [-0.05, 0) is 62.0 Å². The molecule has 2 aromatic heterocycles. The van der Waals surface area contributed by atoms with Crippen LogP contribution in [0, 0.1) is 13.8 Å². The molecular formula is C26H30ClN5OS. The molecule has 0 unspecified atom stereocenters. The summed E-state index contributed by atoms with van der Waals surface area (Å²) in [5, 5.41) is 5.09. The summed E-state index contributed by atoms with van der Waals surface area (Å²) in [4.78, 5) is 9.47. The Bertz CT molecular complexity index is 1160. The number of nitrogens with zero attached hydrogens (tertiary/aromatic N) is 4. The van der Waals surface area contributed by atoms with Crippen LogP contribution in [0.4, 0.5) is 0 Å². The molecule has 2 aliphatic heterocycles. The van der Waals surface area contributed by atoms with Crippen LogP contribution < -0.4 is 5.32 Å². The molecule has 2 fully saturated rings. The van der Waals surface area contributed by atoms with Crippen molar-refractivity contribution in [2.75, 3.05) is 39.4 Å². The number of rotatable bonds is 6. The molecule has 5 rings (SSSR count). The second-order valence-electron chi connectivity index (χ2n) is 8.89. The fraction of sp³-hybridized carbons (Fsp3) is 0.385. The molecule has 3 aromatic rings. The summed E-state index contributed by atoms with van der Waals surface area (Å²) in [5.41, 5.74) is 5.53. The molecule has 34 heavy (non-hydrogen) atoms. The minimum atomic E-state index is -0.0291. The summed E-state index contributed by atoms with van der Waals surface area (Å²) in [7, 11) is 0. The molecule has 1 N–H and O–H groups in total. The molecule has 178 valence electrons. The van der Waals surface area contributed by atoms with Gasteiger partial charge in [-0.2, -0.15) is 0 Å². The highest BCUT2D eigenvalue weighted by atomic mass is 35.5. The van der Waals surface area contributed by atoms with Crippen molar-refractivity contribution in [2.24, 2.45) is 0 Å². The van der Waals surface area contributed by atoms with E-state index < -0.39 is 0 Å². The zero-order valence-corrected chi connectivity index (χ0v) is 21.1. The molecule has 0 amide bonds. The van der Waals surface area contributed by atoms with Crippen LogP contribution in [0.15, 0.2) is 54.7 Å². The smallest absolute Gasteiger partial charge is 0.170 e. The molecule has 2 saturated heterocycles. The van der Waals surface area contributed by atoms with Crippen molar-refractivity contribution in [3.63, 3.8) is 0 Å².